The van der Waals surface area contributed by atoms with Crippen LogP contribution in [-0.4, -0.2) is 46.4 Å². The second-order valence-electron chi connectivity index (χ2n) is 3.99. The van der Waals surface area contributed by atoms with Crippen molar-refractivity contribution in [3.8, 4) is 0 Å². The minimum atomic E-state index is -1.22. The molecule has 3 N–H and O–H groups in total. The van der Waals surface area contributed by atoms with Crippen molar-refractivity contribution in [1.82, 2.24) is 0 Å². The molecule has 0 saturated heterocycles. The molecule has 21 heavy (non-hydrogen) atoms. The highest BCUT2D eigenvalue weighted by Crippen LogP contribution is 2.13. The molecule has 7 heteroatoms. The van der Waals surface area contributed by atoms with Gasteiger partial charge in [0.2, 0.25) is 0 Å². The largest absolute Gasteiger partial charge is 0.478 e. The maximum absolute atomic E-state index is 10.7. The van der Waals surface area contributed by atoms with Crippen molar-refractivity contribution in [2.24, 2.45) is 0 Å². The van der Waals surface area contributed by atoms with Crippen molar-refractivity contribution in [2.75, 3.05) is 13.2 Å². The van der Waals surface area contributed by atoms with Gasteiger partial charge in [-0.1, -0.05) is 19.1 Å². The number of rotatable bonds is 5. The third-order valence-electron chi connectivity index (χ3n) is 2.31. The van der Waals surface area contributed by atoms with E-state index in [1.54, 1.807) is 13.0 Å². The summed E-state index contributed by atoms with van der Waals surface area (Å²) in [5.41, 5.74) is 0.134. The molecule has 0 radical (unpaired) electrons. The fourth-order valence-corrected chi connectivity index (χ4v) is 1.39. The van der Waals surface area contributed by atoms with Crippen LogP contribution in [0.4, 0.5) is 0 Å². The number of carboxylic acids is 2. The van der Waals surface area contributed by atoms with Crippen LogP contribution in [0.3, 0.4) is 0 Å². The van der Waals surface area contributed by atoms with Crippen molar-refractivity contribution < 1.29 is 34.4 Å². The minimum Gasteiger partial charge on any atom is -0.478 e. The van der Waals surface area contributed by atoms with E-state index in [1.807, 2.05) is 6.92 Å². The number of aromatic carboxylic acids is 2. The van der Waals surface area contributed by atoms with Gasteiger partial charge in [-0.2, -0.15) is 0 Å². The molecule has 1 rings (SSSR count). The molecule has 1 aromatic rings. The number of hydrogen-bond acceptors (Lipinski definition) is 5. The number of aryl methyl sites for hydroxylation is 1. The highest BCUT2D eigenvalue weighted by Gasteiger charge is 2.17. The van der Waals surface area contributed by atoms with Gasteiger partial charge in [0.15, 0.2) is 0 Å². The third-order valence-corrected chi connectivity index (χ3v) is 2.31. The fourth-order valence-electron chi connectivity index (χ4n) is 1.39. The Morgan fingerprint density at radius 1 is 1.14 bits per heavy atom. The first-order chi connectivity index (χ1) is 9.84. The second kappa shape index (κ2) is 9.49. The Morgan fingerprint density at radius 2 is 1.76 bits per heavy atom. The molecular weight excluding hydrogens is 280 g/mol. The van der Waals surface area contributed by atoms with Crippen LogP contribution in [0.5, 0.6) is 0 Å². The lowest BCUT2D eigenvalue weighted by Gasteiger charge is -2.03. The van der Waals surface area contributed by atoms with Crippen molar-refractivity contribution >= 4 is 17.9 Å². The summed E-state index contributed by atoms with van der Waals surface area (Å²) in [6.07, 6.45) is 0.797. The molecule has 0 heterocycles. The van der Waals surface area contributed by atoms with Gasteiger partial charge in [-0.25, -0.2) is 14.4 Å². The van der Waals surface area contributed by atoms with Crippen LogP contribution in [0.2, 0.25) is 0 Å². The number of carbonyl (C=O) groups excluding carboxylic acids is 1. The van der Waals surface area contributed by atoms with Crippen LogP contribution in [0.1, 0.15) is 39.6 Å². The average molecular weight is 298 g/mol. The monoisotopic (exact) mass is 298 g/mol. The molecule has 0 aliphatic carbocycles. The van der Waals surface area contributed by atoms with Crippen molar-refractivity contribution in [3.05, 3.63) is 34.9 Å². The summed E-state index contributed by atoms with van der Waals surface area (Å²) in [5.74, 6) is -2.98. The smallest absolute Gasteiger partial charge is 0.336 e. The molecule has 0 aromatic heterocycles. The van der Waals surface area contributed by atoms with Crippen LogP contribution in [0, 0.1) is 6.92 Å². The van der Waals surface area contributed by atoms with Crippen LogP contribution < -0.4 is 0 Å². The molecule has 0 bridgehead atoms. The van der Waals surface area contributed by atoms with E-state index in [2.05, 4.69) is 4.74 Å². The first kappa shape index (κ1) is 18.6. The van der Waals surface area contributed by atoms with Crippen molar-refractivity contribution in [1.29, 1.82) is 0 Å². The summed E-state index contributed by atoms with van der Waals surface area (Å²) in [6, 6.07) is 4.36. The molecular formula is C14H18O7. The van der Waals surface area contributed by atoms with E-state index in [0.717, 1.165) is 6.42 Å². The van der Waals surface area contributed by atoms with Gasteiger partial charge in [0.25, 0.3) is 0 Å². The number of benzene rings is 1. The van der Waals surface area contributed by atoms with E-state index in [4.69, 9.17) is 15.3 Å². The Hall–Kier alpha value is -2.41. The van der Waals surface area contributed by atoms with Crippen LogP contribution in [0.15, 0.2) is 18.2 Å². The zero-order chi connectivity index (χ0) is 16.4. The molecule has 0 fully saturated rings. The number of aliphatic hydroxyl groups is 1. The van der Waals surface area contributed by atoms with Gasteiger partial charge in [-0.3, -0.25) is 0 Å². The van der Waals surface area contributed by atoms with Gasteiger partial charge < -0.3 is 20.1 Å². The number of hydrogen-bond donors (Lipinski definition) is 3. The van der Waals surface area contributed by atoms with E-state index in [1.165, 1.54) is 12.1 Å². The maximum Gasteiger partial charge on any atom is 0.336 e. The van der Waals surface area contributed by atoms with Crippen LogP contribution in [-0.2, 0) is 9.53 Å². The SMILES string of the molecule is CCCOC(=O)CO.Cc1cccc(C(=O)O)c1C(=O)O. The quantitative estimate of drug-likeness (QED) is 0.701. The second-order valence-corrected chi connectivity index (χ2v) is 3.99. The first-order valence-corrected chi connectivity index (χ1v) is 6.17. The zero-order valence-electron chi connectivity index (χ0n) is 11.8. The van der Waals surface area contributed by atoms with Gasteiger partial charge in [-0.15, -0.1) is 0 Å². The molecule has 1 aromatic carbocycles. The van der Waals surface area contributed by atoms with Crippen molar-refractivity contribution in [2.45, 2.75) is 20.3 Å². The van der Waals surface area contributed by atoms with Crippen LogP contribution >= 0.6 is 0 Å². The molecule has 0 saturated carbocycles. The third kappa shape index (κ3) is 6.53. The molecule has 116 valence electrons. The molecule has 0 atom stereocenters. The number of aliphatic hydroxyl groups excluding tert-OH is 1. The topological polar surface area (TPSA) is 121 Å². The molecule has 0 amide bonds. The number of carbonyl (C=O) groups is 3. The highest BCUT2D eigenvalue weighted by molar-refractivity contribution is 6.02. The maximum atomic E-state index is 10.7. The predicted octanol–water partition coefficient (Wildman–Crippen LogP) is 1.32. The van der Waals surface area contributed by atoms with E-state index in [-0.39, 0.29) is 11.1 Å². The molecule has 0 spiro atoms. The van der Waals surface area contributed by atoms with Gasteiger partial charge in [0.05, 0.1) is 17.7 Å². The first-order valence-electron chi connectivity index (χ1n) is 6.17. The number of ether oxygens (including phenoxy) is 1. The predicted molar refractivity (Wildman–Crippen MR) is 73.4 cm³/mol. The molecule has 0 aliphatic rings. The minimum absolute atomic E-state index is 0.144. The summed E-state index contributed by atoms with van der Waals surface area (Å²) in [5, 5.41) is 25.5. The fraction of sp³-hybridized carbons (Fsp3) is 0.357. The normalized spacial score (nSPS) is 9.29. The van der Waals surface area contributed by atoms with Gasteiger partial charge in [0.1, 0.15) is 6.61 Å². The summed E-state index contributed by atoms with van der Waals surface area (Å²) < 4.78 is 4.45. The van der Waals surface area contributed by atoms with E-state index in [0.29, 0.717) is 12.2 Å². The molecule has 0 unspecified atom stereocenters. The Morgan fingerprint density at radius 3 is 2.14 bits per heavy atom. The lowest BCUT2D eigenvalue weighted by molar-refractivity contribution is -0.146. The Labute approximate surface area is 121 Å². The van der Waals surface area contributed by atoms with E-state index < -0.39 is 24.5 Å². The summed E-state index contributed by atoms with van der Waals surface area (Å²) >= 11 is 0. The van der Waals surface area contributed by atoms with Crippen molar-refractivity contribution in [3.63, 3.8) is 0 Å². The molecule has 0 aliphatic heterocycles. The lowest BCUT2D eigenvalue weighted by atomic mass is 10.0. The average Bonchev–Trinajstić information content (AvgIpc) is 2.44. The molecule has 7 nitrogen and oxygen atoms in total. The lowest BCUT2D eigenvalue weighted by Crippen LogP contribution is -2.09. The standard InChI is InChI=1S/C9H8O4.C5H10O3/c1-5-3-2-4-6(8(10)11)7(5)9(12)13;1-2-3-8-5(7)4-6/h2-4H,1H3,(H,10,11)(H,12,13);6H,2-4H2,1H3. The Balaban J connectivity index is 0.000000433. The van der Waals surface area contributed by atoms with Crippen LogP contribution in [0.25, 0.3) is 0 Å². The number of carboxylic acid groups (broad SMARTS) is 2. The van der Waals surface area contributed by atoms with Gasteiger partial charge >= 0.3 is 17.9 Å². The van der Waals surface area contributed by atoms with E-state index in [9.17, 15) is 14.4 Å². The zero-order valence-corrected chi connectivity index (χ0v) is 11.8. The van der Waals surface area contributed by atoms with Gasteiger partial charge in [0, 0.05) is 0 Å². The summed E-state index contributed by atoms with van der Waals surface area (Å²) in [7, 11) is 0. The van der Waals surface area contributed by atoms with E-state index >= 15 is 0 Å². The summed E-state index contributed by atoms with van der Waals surface area (Å²) in [6.45, 7) is 3.35. The Kier molecular flexibility index (Phi) is 8.40. The van der Waals surface area contributed by atoms with Gasteiger partial charge in [-0.05, 0) is 25.0 Å². The Bertz CT molecular complexity index is 508. The number of esters is 1. The summed E-state index contributed by atoms with van der Waals surface area (Å²) in [4.78, 5) is 31.4. The highest BCUT2D eigenvalue weighted by atomic mass is 16.5.